The van der Waals surface area contributed by atoms with Crippen LogP contribution in [0, 0.1) is 5.82 Å². The average molecular weight is 484 g/mol. The van der Waals surface area contributed by atoms with Gasteiger partial charge in [0.05, 0.1) is 47.6 Å². The highest BCUT2D eigenvalue weighted by Crippen LogP contribution is 2.29. The third-order valence-corrected chi connectivity index (χ3v) is 7.56. The van der Waals surface area contributed by atoms with Crippen LogP contribution in [0.25, 0.3) is 0 Å². The van der Waals surface area contributed by atoms with Crippen LogP contribution in [-0.2, 0) is 19.5 Å². The molecule has 32 heavy (non-hydrogen) atoms. The Morgan fingerprint density at radius 3 is 2.28 bits per heavy atom. The molecule has 11 heteroatoms. The third kappa shape index (κ3) is 4.89. The van der Waals surface area contributed by atoms with E-state index in [0.717, 1.165) is 6.07 Å². The molecule has 2 aliphatic rings. The van der Waals surface area contributed by atoms with Crippen LogP contribution in [0.15, 0.2) is 41.3 Å². The molecule has 0 bridgehead atoms. The molecule has 0 unspecified atom stereocenters. The van der Waals surface area contributed by atoms with E-state index in [1.54, 1.807) is 6.07 Å². The number of amides is 1. The molecule has 2 aliphatic heterocycles. The van der Waals surface area contributed by atoms with Crippen molar-refractivity contribution in [3.8, 4) is 0 Å². The fourth-order valence-electron chi connectivity index (χ4n) is 3.65. The van der Waals surface area contributed by atoms with E-state index >= 15 is 0 Å². The summed E-state index contributed by atoms with van der Waals surface area (Å²) in [4.78, 5) is 15.2. The second kappa shape index (κ2) is 9.72. The van der Waals surface area contributed by atoms with E-state index in [9.17, 15) is 17.6 Å². The molecule has 2 aromatic rings. The van der Waals surface area contributed by atoms with Crippen molar-refractivity contribution in [1.82, 2.24) is 4.31 Å². The first kappa shape index (κ1) is 22.9. The Morgan fingerprint density at radius 1 is 0.969 bits per heavy atom. The molecular formula is C21H23ClFN3O5S. The van der Waals surface area contributed by atoms with Crippen LogP contribution in [0.4, 0.5) is 15.8 Å². The Bertz CT molecular complexity index is 1100. The molecule has 2 aromatic carbocycles. The quantitative estimate of drug-likeness (QED) is 0.703. The average Bonchev–Trinajstić information content (AvgIpc) is 2.81. The summed E-state index contributed by atoms with van der Waals surface area (Å²) in [5, 5.41) is 2.71. The number of nitrogens with zero attached hydrogens (tertiary/aromatic N) is 2. The second-order valence-electron chi connectivity index (χ2n) is 7.37. The van der Waals surface area contributed by atoms with Crippen LogP contribution < -0.4 is 10.2 Å². The SMILES string of the molecule is O=C(Nc1ccc(F)cc1Cl)c1cc(S(=O)(=O)N2CCOCC2)ccc1N1CCOCC1. The van der Waals surface area contributed by atoms with Gasteiger partial charge in [0.1, 0.15) is 5.82 Å². The van der Waals surface area contributed by atoms with Crippen molar-refractivity contribution in [2.45, 2.75) is 4.90 Å². The van der Waals surface area contributed by atoms with E-state index in [2.05, 4.69) is 5.32 Å². The summed E-state index contributed by atoms with van der Waals surface area (Å²) in [7, 11) is -3.80. The summed E-state index contributed by atoms with van der Waals surface area (Å²) >= 11 is 6.06. The number of rotatable bonds is 5. The molecule has 2 saturated heterocycles. The number of nitrogens with one attached hydrogen (secondary N) is 1. The van der Waals surface area contributed by atoms with Gasteiger partial charge in [-0.25, -0.2) is 12.8 Å². The summed E-state index contributed by atoms with van der Waals surface area (Å²) in [6, 6.07) is 8.17. The maximum Gasteiger partial charge on any atom is 0.257 e. The number of carbonyl (C=O) groups is 1. The number of benzene rings is 2. The normalized spacial score (nSPS) is 17.9. The predicted molar refractivity (Wildman–Crippen MR) is 118 cm³/mol. The monoisotopic (exact) mass is 483 g/mol. The Hall–Kier alpha value is -2.24. The van der Waals surface area contributed by atoms with Gasteiger partial charge in [0, 0.05) is 31.9 Å². The first-order chi connectivity index (χ1) is 15.4. The molecule has 1 amide bonds. The number of ether oxygens (including phenoxy) is 2. The highest BCUT2D eigenvalue weighted by atomic mass is 35.5. The number of hydrogen-bond donors (Lipinski definition) is 1. The first-order valence-corrected chi connectivity index (χ1v) is 12.0. The molecule has 2 fully saturated rings. The Balaban J connectivity index is 1.71. The van der Waals surface area contributed by atoms with Gasteiger partial charge in [-0.05, 0) is 36.4 Å². The van der Waals surface area contributed by atoms with E-state index in [-0.39, 0.29) is 34.3 Å². The van der Waals surface area contributed by atoms with E-state index < -0.39 is 21.7 Å². The van der Waals surface area contributed by atoms with Crippen molar-refractivity contribution in [2.75, 3.05) is 62.8 Å². The van der Waals surface area contributed by atoms with Gasteiger partial charge in [-0.15, -0.1) is 0 Å². The van der Waals surface area contributed by atoms with Crippen LogP contribution >= 0.6 is 11.6 Å². The van der Waals surface area contributed by atoms with Crippen molar-refractivity contribution in [2.24, 2.45) is 0 Å². The molecule has 4 rings (SSSR count). The third-order valence-electron chi connectivity index (χ3n) is 5.35. The molecule has 2 heterocycles. The van der Waals surface area contributed by atoms with E-state index in [0.29, 0.717) is 45.2 Å². The van der Waals surface area contributed by atoms with Gasteiger partial charge in [0.2, 0.25) is 10.0 Å². The smallest absolute Gasteiger partial charge is 0.257 e. The van der Waals surface area contributed by atoms with E-state index in [1.165, 1.54) is 28.6 Å². The van der Waals surface area contributed by atoms with Crippen LogP contribution in [0.5, 0.6) is 0 Å². The number of anilines is 2. The van der Waals surface area contributed by atoms with Gasteiger partial charge in [-0.1, -0.05) is 11.6 Å². The second-order valence-corrected chi connectivity index (χ2v) is 9.72. The highest BCUT2D eigenvalue weighted by molar-refractivity contribution is 7.89. The molecule has 0 atom stereocenters. The number of hydrogen-bond acceptors (Lipinski definition) is 6. The topological polar surface area (TPSA) is 88.2 Å². The first-order valence-electron chi connectivity index (χ1n) is 10.2. The van der Waals surface area contributed by atoms with Crippen molar-refractivity contribution >= 4 is 38.9 Å². The minimum Gasteiger partial charge on any atom is -0.379 e. The number of sulfonamides is 1. The summed E-state index contributed by atoms with van der Waals surface area (Å²) in [6.07, 6.45) is 0. The Morgan fingerprint density at radius 2 is 1.62 bits per heavy atom. The van der Waals surface area contributed by atoms with E-state index in [4.69, 9.17) is 21.1 Å². The molecule has 1 N–H and O–H groups in total. The van der Waals surface area contributed by atoms with Gasteiger partial charge < -0.3 is 19.7 Å². The molecule has 0 spiro atoms. The van der Waals surface area contributed by atoms with Crippen molar-refractivity contribution in [3.05, 3.63) is 52.8 Å². The molecule has 172 valence electrons. The lowest BCUT2D eigenvalue weighted by Crippen LogP contribution is -2.41. The maximum absolute atomic E-state index is 13.4. The fraction of sp³-hybridized carbons (Fsp3) is 0.381. The lowest BCUT2D eigenvalue weighted by atomic mass is 10.1. The van der Waals surface area contributed by atoms with Gasteiger partial charge in [0.25, 0.3) is 5.91 Å². The molecular weight excluding hydrogens is 461 g/mol. The predicted octanol–water partition coefficient (Wildman–Crippen LogP) is 2.59. The summed E-state index contributed by atoms with van der Waals surface area (Å²) in [5.41, 5.74) is 0.999. The van der Waals surface area contributed by atoms with Crippen LogP contribution in [0.1, 0.15) is 10.4 Å². The van der Waals surface area contributed by atoms with Crippen molar-refractivity contribution in [3.63, 3.8) is 0 Å². The molecule has 0 radical (unpaired) electrons. The Kier molecular flexibility index (Phi) is 6.96. The zero-order valence-corrected chi connectivity index (χ0v) is 18.8. The largest absolute Gasteiger partial charge is 0.379 e. The Labute approximate surface area is 190 Å². The minimum atomic E-state index is -3.80. The zero-order chi connectivity index (χ0) is 22.7. The number of morpholine rings is 2. The van der Waals surface area contributed by atoms with Crippen LogP contribution in [0.3, 0.4) is 0 Å². The summed E-state index contributed by atoms with van der Waals surface area (Å²) in [6.45, 7) is 3.27. The highest BCUT2D eigenvalue weighted by Gasteiger charge is 2.29. The van der Waals surface area contributed by atoms with Crippen LogP contribution in [0.2, 0.25) is 5.02 Å². The number of carbonyl (C=O) groups excluding carboxylic acids is 1. The van der Waals surface area contributed by atoms with Gasteiger partial charge in [-0.3, -0.25) is 4.79 Å². The maximum atomic E-state index is 13.4. The standard InChI is InChI=1S/C21H23ClFN3O5S/c22-18-13-15(23)1-3-19(18)24-21(27)17-14-16(32(28,29)26-7-11-31-12-8-26)2-4-20(17)25-5-9-30-10-6-25/h1-4,13-14H,5-12H2,(H,24,27). The van der Waals surface area contributed by atoms with Gasteiger partial charge >= 0.3 is 0 Å². The molecule has 0 aromatic heterocycles. The summed E-state index contributed by atoms with van der Waals surface area (Å²) < 4.78 is 51.7. The van der Waals surface area contributed by atoms with Gasteiger partial charge in [-0.2, -0.15) is 4.31 Å². The summed E-state index contributed by atoms with van der Waals surface area (Å²) in [5.74, 6) is -1.07. The van der Waals surface area contributed by atoms with Crippen LogP contribution in [-0.4, -0.2) is 71.2 Å². The molecule has 0 aliphatic carbocycles. The number of halogens is 2. The lowest BCUT2D eigenvalue weighted by molar-refractivity contribution is 0.0730. The van der Waals surface area contributed by atoms with Crippen molar-refractivity contribution < 1.29 is 27.1 Å². The lowest BCUT2D eigenvalue weighted by Gasteiger charge is -2.31. The van der Waals surface area contributed by atoms with E-state index in [1.807, 2.05) is 4.90 Å². The molecule has 0 saturated carbocycles. The zero-order valence-electron chi connectivity index (χ0n) is 17.2. The minimum absolute atomic E-state index is 0.0202. The van der Waals surface area contributed by atoms with Gasteiger partial charge in [0.15, 0.2) is 0 Å². The molecule has 8 nitrogen and oxygen atoms in total. The fourth-order valence-corrected chi connectivity index (χ4v) is 5.30. The van der Waals surface area contributed by atoms with Crippen molar-refractivity contribution in [1.29, 1.82) is 0 Å².